The summed E-state index contributed by atoms with van der Waals surface area (Å²) in [4.78, 5) is 6.85. The summed E-state index contributed by atoms with van der Waals surface area (Å²) >= 11 is 0. The summed E-state index contributed by atoms with van der Waals surface area (Å²) in [6, 6.07) is 16.2. The number of hydrogen-bond acceptors (Lipinski definition) is 7. The van der Waals surface area contributed by atoms with Gasteiger partial charge in [-0.3, -0.25) is 0 Å². The van der Waals surface area contributed by atoms with Crippen LogP contribution >= 0.6 is 0 Å². The highest BCUT2D eigenvalue weighted by atomic mass is 16.5. The van der Waals surface area contributed by atoms with Gasteiger partial charge in [-0.1, -0.05) is 12.1 Å². The number of hydrogen-bond donors (Lipinski definition) is 0. The van der Waals surface area contributed by atoms with Gasteiger partial charge in [-0.15, -0.1) is 0 Å². The Hall–Kier alpha value is -3.78. The Labute approximate surface area is 192 Å². The molecule has 1 fully saturated rings. The molecular weight excluding hydrogens is 420 g/mol. The molecule has 0 saturated carbocycles. The summed E-state index contributed by atoms with van der Waals surface area (Å²) in [6.45, 7) is 3.36. The van der Waals surface area contributed by atoms with Gasteiger partial charge in [0, 0.05) is 42.2 Å². The first kappa shape index (κ1) is 21.1. The van der Waals surface area contributed by atoms with E-state index in [1.165, 1.54) is 5.69 Å². The Bertz CT molecular complexity index is 1240. The molecule has 4 aromatic rings. The number of ether oxygens (including phenoxy) is 4. The fourth-order valence-electron chi connectivity index (χ4n) is 4.15. The molecule has 2 aromatic heterocycles. The molecule has 0 bridgehead atoms. The van der Waals surface area contributed by atoms with Crippen molar-refractivity contribution >= 4 is 11.3 Å². The zero-order chi connectivity index (χ0) is 22.8. The molecule has 0 N–H and O–H groups in total. The highest BCUT2D eigenvalue weighted by Gasteiger charge is 2.17. The van der Waals surface area contributed by atoms with Crippen LogP contribution in [0.5, 0.6) is 17.2 Å². The third kappa shape index (κ3) is 3.93. The third-order valence-corrected chi connectivity index (χ3v) is 5.86. The minimum Gasteiger partial charge on any atom is -0.493 e. The lowest BCUT2D eigenvalue weighted by molar-refractivity contribution is 0.122. The summed E-state index contributed by atoms with van der Waals surface area (Å²) in [5.74, 6) is 1.72. The highest BCUT2D eigenvalue weighted by molar-refractivity contribution is 5.72. The molecule has 2 aromatic carbocycles. The van der Waals surface area contributed by atoms with E-state index < -0.39 is 0 Å². The molecule has 3 heterocycles. The number of aromatic nitrogens is 3. The lowest BCUT2D eigenvalue weighted by atomic mass is 10.1. The third-order valence-electron chi connectivity index (χ3n) is 5.86. The second-order valence-corrected chi connectivity index (χ2v) is 7.69. The molecule has 8 heteroatoms. The van der Waals surface area contributed by atoms with E-state index in [4.69, 9.17) is 24.0 Å². The van der Waals surface area contributed by atoms with Crippen molar-refractivity contribution in [3.63, 3.8) is 0 Å². The maximum Gasteiger partial charge on any atom is 0.203 e. The van der Waals surface area contributed by atoms with Gasteiger partial charge in [0.2, 0.25) is 5.75 Å². The van der Waals surface area contributed by atoms with Gasteiger partial charge in [0.15, 0.2) is 17.1 Å². The maximum atomic E-state index is 5.53. The molecule has 5 rings (SSSR count). The van der Waals surface area contributed by atoms with Crippen LogP contribution in [-0.4, -0.2) is 62.2 Å². The van der Waals surface area contributed by atoms with Crippen molar-refractivity contribution < 1.29 is 18.9 Å². The van der Waals surface area contributed by atoms with Crippen molar-refractivity contribution in [2.24, 2.45) is 0 Å². The van der Waals surface area contributed by atoms with Crippen molar-refractivity contribution in [3.8, 4) is 39.8 Å². The predicted molar refractivity (Wildman–Crippen MR) is 127 cm³/mol. The van der Waals surface area contributed by atoms with Gasteiger partial charge >= 0.3 is 0 Å². The first-order chi connectivity index (χ1) is 16.2. The summed E-state index contributed by atoms with van der Waals surface area (Å²) in [7, 11) is 4.81. The molecule has 0 amide bonds. The number of morpholine rings is 1. The molecule has 170 valence electrons. The first-order valence-electron chi connectivity index (χ1n) is 10.8. The minimum atomic E-state index is 0.551. The normalized spacial score (nSPS) is 13.8. The number of methoxy groups -OCH3 is 3. The van der Waals surface area contributed by atoms with Crippen molar-refractivity contribution in [1.29, 1.82) is 0 Å². The number of nitrogens with zero attached hydrogens (tertiary/aromatic N) is 4. The SMILES string of the molecule is COc1cc(-c2ccnc3cc(-c4ccc(N5CCOCC5)cc4)nn23)cc(OC)c1OC. The zero-order valence-electron chi connectivity index (χ0n) is 18.9. The highest BCUT2D eigenvalue weighted by Crippen LogP contribution is 2.41. The quantitative estimate of drug-likeness (QED) is 0.445. The van der Waals surface area contributed by atoms with E-state index in [-0.39, 0.29) is 0 Å². The lowest BCUT2D eigenvalue weighted by Crippen LogP contribution is -2.36. The molecule has 0 aliphatic carbocycles. The van der Waals surface area contributed by atoms with Crippen LogP contribution in [0.1, 0.15) is 0 Å². The second-order valence-electron chi connectivity index (χ2n) is 7.69. The van der Waals surface area contributed by atoms with E-state index in [0.717, 1.165) is 54.5 Å². The Morgan fingerprint density at radius 2 is 1.52 bits per heavy atom. The molecule has 0 radical (unpaired) electrons. The van der Waals surface area contributed by atoms with Crippen LogP contribution in [0, 0.1) is 0 Å². The Morgan fingerprint density at radius 3 is 2.15 bits per heavy atom. The fraction of sp³-hybridized carbons (Fsp3) is 0.280. The smallest absolute Gasteiger partial charge is 0.203 e. The molecule has 1 saturated heterocycles. The van der Waals surface area contributed by atoms with Gasteiger partial charge in [0.05, 0.1) is 45.9 Å². The van der Waals surface area contributed by atoms with Crippen molar-refractivity contribution in [3.05, 3.63) is 54.7 Å². The molecular formula is C25H26N4O4. The van der Waals surface area contributed by atoms with E-state index in [2.05, 4.69) is 34.1 Å². The number of benzene rings is 2. The number of anilines is 1. The number of fused-ring (bicyclic) bond motifs is 1. The van der Waals surface area contributed by atoms with Gasteiger partial charge in [-0.05, 0) is 30.3 Å². The van der Waals surface area contributed by atoms with Crippen LogP contribution < -0.4 is 19.1 Å². The molecule has 1 aliphatic heterocycles. The monoisotopic (exact) mass is 446 g/mol. The molecule has 0 unspecified atom stereocenters. The van der Waals surface area contributed by atoms with Gasteiger partial charge in [-0.2, -0.15) is 5.10 Å². The average molecular weight is 447 g/mol. The number of rotatable bonds is 6. The van der Waals surface area contributed by atoms with Gasteiger partial charge in [0.1, 0.15) is 0 Å². The lowest BCUT2D eigenvalue weighted by Gasteiger charge is -2.28. The summed E-state index contributed by atoms with van der Waals surface area (Å²) in [5, 5.41) is 4.86. The van der Waals surface area contributed by atoms with E-state index in [0.29, 0.717) is 17.2 Å². The summed E-state index contributed by atoms with van der Waals surface area (Å²) in [6.07, 6.45) is 1.78. The van der Waals surface area contributed by atoms with Crippen molar-refractivity contribution in [2.45, 2.75) is 0 Å². The van der Waals surface area contributed by atoms with Crippen LogP contribution in [0.25, 0.3) is 28.2 Å². The molecule has 0 atom stereocenters. The predicted octanol–water partition coefficient (Wildman–Crippen LogP) is 3.93. The van der Waals surface area contributed by atoms with Crippen LogP contribution in [0.4, 0.5) is 5.69 Å². The summed E-state index contributed by atoms with van der Waals surface area (Å²) in [5.41, 5.74) is 5.60. The van der Waals surface area contributed by atoms with Crippen molar-refractivity contribution in [1.82, 2.24) is 14.6 Å². The first-order valence-corrected chi connectivity index (χ1v) is 10.8. The summed E-state index contributed by atoms with van der Waals surface area (Å²) < 4.78 is 23.8. The van der Waals surface area contributed by atoms with Gasteiger partial charge < -0.3 is 23.8 Å². The largest absolute Gasteiger partial charge is 0.493 e. The van der Waals surface area contributed by atoms with Crippen molar-refractivity contribution in [2.75, 3.05) is 52.5 Å². The maximum absolute atomic E-state index is 5.53. The van der Waals surface area contributed by atoms with Crippen LogP contribution in [-0.2, 0) is 4.74 Å². The van der Waals surface area contributed by atoms with E-state index in [1.54, 1.807) is 27.5 Å². The average Bonchev–Trinajstić information content (AvgIpc) is 3.33. The Balaban J connectivity index is 1.53. The van der Waals surface area contributed by atoms with Gasteiger partial charge in [-0.25, -0.2) is 9.50 Å². The molecule has 1 aliphatic rings. The van der Waals surface area contributed by atoms with Crippen LogP contribution in [0.2, 0.25) is 0 Å². The zero-order valence-corrected chi connectivity index (χ0v) is 18.9. The molecule has 0 spiro atoms. The second kappa shape index (κ2) is 8.99. The Morgan fingerprint density at radius 1 is 0.818 bits per heavy atom. The molecule has 8 nitrogen and oxygen atoms in total. The van der Waals surface area contributed by atoms with Crippen LogP contribution in [0.15, 0.2) is 54.7 Å². The Kier molecular flexibility index (Phi) is 5.75. The molecule has 33 heavy (non-hydrogen) atoms. The van der Waals surface area contributed by atoms with E-state index >= 15 is 0 Å². The standard InChI is InChI=1S/C25H26N4O4/c1-30-22-14-18(15-23(31-2)25(22)32-3)21-8-9-26-24-16-20(27-29(21)24)17-4-6-19(7-5-17)28-10-12-33-13-11-28/h4-9,14-16H,10-13H2,1-3H3. The van der Waals surface area contributed by atoms with Crippen LogP contribution in [0.3, 0.4) is 0 Å². The van der Waals surface area contributed by atoms with E-state index in [1.807, 2.05) is 28.8 Å². The topological polar surface area (TPSA) is 70.4 Å². The van der Waals surface area contributed by atoms with Gasteiger partial charge in [0.25, 0.3) is 0 Å². The fourth-order valence-corrected chi connectivity index (χ4v) is 4.15. The van der Waals surface area contributed by atoms with E-state index in [9.17, 15) is 0 Å². The minimum absolute atomic E-state index is 0.551.